The minimum absolute atomic E-state index is 0.222. The molecule has 5 nitrogen and oxygen atoms in total. The molecule has 1 N–H and O–H groups in total. The largest absolute Gasteiger partial charge is 0.491 e. The zero-order valence-electron chi connectivity index (χ0n) is 10.9. The van der Waals surface area contributed by atoms with E-state index in [1.165, 1.54) is 0 Å². The molecule has 0 aliphatic heterocycles. The van der Waals surface area contributed by atoms with Crippen molar-refractivity contribution in [1.29, 1.82) is 0 Å². The number of aliphatic hydroxyl groups excluding tert-OH is 1. The van der Waals surface area contributed by atoms with Crippen LogP contribution >= 0.6 is 15.9 Å². The lowest BCUT2D eigenvalue weighted by molar-refractivity contribution is 0.0886. The Morgan fingerprint density at radius 1 is 1.32 bits per heavy atom. The number of aliphatic hydroxyl groups is 1. The molecule has 1 heterocycles. The standard InChI is InChI=1S/C13H16BrN3O2/c1-9-15-10(2)17(16-9)7-12(18)8-19-13-5-3-11(14)4-6-13/h3-6,12,18H,7-8H2,1-2H3/t12-/m1/s1. The first-order valence-corrected chi connectivity index (χ1v) is 6.78. The summed E-state index contributed by atoms with van der Waals surface area (Å²) < 4.78 is 8.19. The first-order chi connectivity index (χ1) is 9.04. The SMILES string of the molecule is Cc1nc(C)n(C[C@@H](O)COc2ccc(Br)cc2)n1. The van der Waals surface area contributed by atoms with Crippen LogP contribution in [0.2, 0.25) is 0 Å². The topological polar surface area (TPSA) is 60.2 Å². The van der Waals surface area contributed by atoms with Crippen molar-refractivity contribution in [3.63, 3.8) is 0 Å². The van der Waals surface area contributed by atoms with Crippen LogP contribution < -0.4 is 4.74 Å². The molecule has 6 heteroatoms. The van der Waals surface area contributed by atoms with Crippen molar-refractivity contribution >= 4 is 15.9 Å². The summed E-state index contributed by atoms with van der Waals surface area (Å²) in [6.45, 7) is 4.29. The lowest BCUT2D eigenvalue weighted by atomic mass is 10.3. The minimum Gasteiger partial charge on any atom is -0.491 e. The van der Waals surface area contributed by atoms with Crippen molar-refractivity contribution in [1.82, 2.24) is 14.8 Å². The molecule has 0 aliphatic carbocycles. The van der Waals surface area contributed by atoms with Crippen molar-refractivity contribution in [2.24, 2.45) is 0 Å². The van der Waals surface area contributed by atoms with Crippen molar-refractivity contribution in [3.05, 3.63) is 40.4 Å². The summed E-state index contributed by atoms with van der Waals surface area (Å²) in [7, 11) is 0. The zero-order chi connectivity index (χ0) is 13.8. The van der Waals surface area contributed by atoms with E-state index < -0.39 is 6.10 Å². The molecule has 0 amide bonds. The Kier molecular flexibility index (Phi) is 4.55. The van der Waals surface area contributed by atoms with E-state index in [2.05, 4.69) is 26.0 Å². The van der Waals surface area contributed by atoms with Crippen LogP contribution in [0.15, 0.2) is 28.7 Å². The van der Waals surface area contributed by atoms with Crippen LogP contribution in [0, 0.1) is 13.8 Å². The highest BCUT2D eigenvalue weighted by Crippen LogP contribution is 2.16. The Balaban J connectivity index is 1.86. The van der Waals surface area contributed by atoms with Gasteiger partial charge >= 0.3 is 0 Å². The molecule has 1 aromatic carbocycles. The molecule has 102 valence electrons. The predicted molar refractivity (Wildman–Crippen MR) is 75.1 cm³/mol. The number of rotatable bonds is 5. The molecule has 0 radical (unpaired) electrons. The van der Waals surface area contributed by atoms with Crippen LogP contribution in [0.1, 0.15) is 11.6 Å². The van der Waals surface area contributed by atoms with Crippen LogP contribution in [0.4, 0.5) is 0 Å². The summed E-state index contributed by atoms with van der Waals surface area (Å²) in [5.41, 5.74) is 0. The summed E-state index contributed by atoms with van der Waals surface area (Å²) in [5.74, 6) is 2.23. The van der Waals surface area contributed by atoms with Crippen molar-refractivity contribution in [3.8, 4) is 5.75 Å². The number of hydrogen-bond acceptors (Lipinski definition) is 4. The van der Waals surface area contributed by atoms with Gasteiger partial charge in [0.2, 0.25) is 0 Å². The number of nitrogens with zero attached hydrogens (tertiary/aromatic N) is 3. The van der Waals surface area contributed by atoms with E-state index in [9.17, 15) is 5.11 Å². The first kappa shape index (κ1) is 14.0. The lowest BCUT2D eigenvalue weighted by Crippen LogP contribution is -2.24. The molecule has 1 atom stereocenters. The molecule has 0 aliphatic rings. The molecule has 0 saturated carbocycles. The summed E-state index contributed by atoms with van der Waals surface area (Å²) in [6, 6.07) is 7.49. The van der Waals surface area contributed by atoms with E-state index in [1.807, 2.05) is 38.1 Å². The highest BCUT2D eigenvalue weighted by molar-refractivity contribution is 9.10. The number of aromatic nitrogens is 3. The number of benzene rings is 1. The maximum Gasteiger partial charge on any atom is 0.147 e. The third kappa shape index (κ3) is 4.04. The van der Waals surface area contributed by atoms with E-state index in [0.717, 1.165) is 16.0 Å². The molecule has 0 fully saturated rings. The maximum atomic E-state index is 9.93. The van der Waals surface area contributed by atoms with Gasteiger partial charge in [-0.25, -0.2) is 9.67 Å². The van der Waals surface area contributed by atoms with Crippen LogP contribution in [0.25, 0.3) is 0 Å². The molecule has 1 aromatic heterocycles. The van der Waals surface area contributed by atoms with E-state index in [1.54, 1.807) is 4.68 Å². The van der Waals surface area contributed by atoms with Gasteiger partial charge in [0.1, 0.15) is 30.1 Å². The quantitative estimate of drug-likeness (QED) is 0.914. The van der Waals surface area contributed by atoms with Crippen molar-refractivity contribution in [2.45, 2.75) is 26.5 Å². The van der Waals surface area contributed by atoms with E-state index in [0.29, 0.717) is 12.4 Å². The van der Waals surface area contributed by atoms with Gasteiger partial charge in [0.05, 0.1) is 6.54 Å². The van der Waals surface area contributed by atoms with Gasteiger partial charge in [0.15, 0.2) is 0 Å². The molecular formula is C13H16BrN3O2. The van der Waals surface area contributed by atoms with Gasteiger partial charge in [-0.05, 0) is 38.1 Å². The monoisotopic (exact) mass is 325 g/mol. The molecule has 0 saturated heterocycles. The Bertz CT molecular complexity index is 539. The Morgan fingerprint density at radius 3 is 2.58 bits per heavy atom. The fourth-order valence-electron chi connectivity index (χ4n) is 1.71. The molecule has 19 heavy (non-hydrogen) atoms. The zero-order valence-corrected chi connectivity index (χ0v) is 12.5. The number of halogens is 1. The highest BCUT2D eigenvalue weighted by Gasteiger charge is 2.10. The molecule has 0 spiro atoms. The normalized spacial score (nSPS) is 12.4. The molecule has 2 rings (SSSR count). The summed E-state index contributed by atoms with van der Waals surface area (Å²) in [5, 5.41) is 14.1. The summed E-state index contributed by atoms with van der Waals surface area (Å²) in [4.78, 5) is 4.19. The molecule has 0 bridgehead atoms. The minimum atomic E-state index is -0.622. The smallest absolute Gasteiger partial charge is 0.147 e. The van der Waals surface area contributed by atoms with Gasteiger partial charge in [0, 0.05) is 4.47 Å². The average Bonchev–Trinajstić information content (AvgIpc) is 2.67. The fraction of sp³-hybridized carbons (Fsp3) is 0.385. The van der Waals surface area contributed by atoms with Crippen LogP contribution in [0.5, 0.6) is 5.75 Å². The summed E-state index contributed by atoms with van der Waals surface area (Å²) in [6.07, 6.45) is -0.622. The van der Waals surface area contributed by atoms with Crippen LogP contribution in [-0.2, 0) is 6.54 Å². The van der Waals surface area contributed by atoms with Crippen molar-refractivity contribution < 1.29 is 9.84 Å². The number of aryl methyl sites for hydroxylation is 2. The highest BCUT2D eigenvalue weighted by atomic mass is 79.9. The lowest BCUT2D eigenvalue weighted by Gasteiger charge is -2.13. The number of ether oxygens (including phenoxy) is 1. The van der Waals surface area contributed by atoms with Gasteiger partial charge in [0.25, 0.3) is 0 Å². The van der Waals surface area contributed by atoms with Gasteiger partial charge in [-0.15, -0.1) is 0 Å². The molecule has 0 unspecified atom stereocenters. The maximum absolute atomic E-state index is 9.93. The van der Waals surface area contributed by atoms with Crippen molar-refractivity contribution in [2.75, 3.05) is 6.61 Å². The Morgan fingerprint density at radius 2 is 2.00 bits per heavy atom. The van der Waals surface area contributed by atoms with Gasteiger partial charge in [-0.1, -0.05) is 15.9 Å². The summed E-state index contributed by atoms with van der Waals surface area (Å²) >= 11 is 3.36. The Labute approximate surface area is 120 Å². The second kappa shape index (κ2) is 6.16. The second-order valence-corrected chi connectivity index (χ2v) is 5.22. The van der Waals surface area contributed by atoms with Crippen LogP contribution in [0.3, 0.4) is 0 Å². The van der Waals surface area contributed by atoms with E-state index in [4.69, 9.17) is 4.74 Å². The first-order valence-electron chi connectivity index (χ1n) is 5.99. The van der Waals surface area contributed by atoms with E-state index in [-0.39, 0.29) is 6.61 Å². The number of hydrogen-bond donors (Lipinski definition) is 1. The van der Waals surface area contributed by atoms with Crippen LogP contribution in [-0.4, -0.2) is 32.6 Å². The Hall–Kier alpha value is -1.40. The molecule has 2 aromatic rings. The van der Waals surface area contributed by atoms with Gasteiger partial charge in [-0.2, -0.15) is 5.10 Å². The third-order valence-corrected chi connectivity index (χ3v) is 3.13. The van der Waals surface area contributed by atoms with Gasteiger partial charge in [-0.3, -0.25) is 0 Å². The van der Waals surface area contributed by atoms with E-state index >= 15 is 0 Å². The third-order valence-electron chi connectivity index (χ3n) is 2.60. The second-order valence-electron chi connectivity index (χ2n) is 4.31. The fourth-order valence-corrected chi connectivity index (χ4v) is 1.97. The average molecular weight is 326 g/mol. The predicted octanol–water partition coefficient (Wildman–Crippen LogP) is 2.10. The van der Waals surface area contributed by atoms with Gasteiger partial charge < -0.3 is 9.84 Å². The molecular weight excluding hydrogens is 310 g/mol.